The highest BCUT2D eigenvalue weighted by atomic mass is 32.2. The fourth-order valence-electron chi connectivity index (χ4n) is 2.65. The van der Waals surface area contributed by atoms with E-state index in [0.717, 1.165) is 34.2 Å². The lowest BCUT2D eigenvalue weighted by Crippen LogP contribution is -2.03. The lowest BCUT2D eigenvalue weighted by Gasteiger charge is -2.10. The summed E-state index contributed by atoms with van der Waals surface area (Å²) in [6, 6.07) is 8.48. The van der Waals surface area contributed by atoms with Gasteiger partial charge in [-0.2, -0.15) is 11.8 Å². The number of fused-ring (bicyclic) bond motifs is 1. The van der Waals surface area contributed by atoms with Crippen LogP contribution in [0.1, 0.15) is 35.6 Å². The van der Waals surface area contributed by atoms with Crippen molar-refractivity contribution in [1.29, 1.82) is 0 Å². The minimum atomic E-state index is 0.663. The molecule has 1 aliphatic heterocycles. The molecule has 1 fully saturated rings. The first kappa shape index (κ1) is 11.3. The predicted octanol–water partition coefficient (Wildman–Crippen LogP) is 3.35. The van der Waals surface area contributed by atoms with E-state index >= 15 is 0 Å². The van der Waals surface area contributed by atoms with E-state index in [1.807, 2.05) is 11.8 Å². The minimum absolute atomic E-state index is 0.663. The molecule has 0 amide bonds. The molecule has 0 spiro atoms. The number of benzene rings is 1. The summed E-state index contributed by atoms with van der Waals surface area (Å²) >= 11 is 1.86. The molecule has 96 valence electrons. The van der Waals surface area contributed by atoms with Crippen LogP contribution in [-0.4, -0.2) is 9.97 Å². The second-order valence-corrected chi connectivity index (χ2v) is 6.20. The number of hydrogen-bond donors (Lipinski definition) is 1. The molecule has 0 radical (unpaired) electrons. The van der Waals surface area contributed by atoms with Crippen LogP contribution in [0.5, 0.6) is 0 Å². The predicted molar refractivity (Wildman–Crippen MR) is 78.9 cm³/mol. The van der Waals surface area contributed by atoms with E-state index in [4.69, 9.17) is 10.7 Å². The second-order valence-electron chi connectivity index (χ2n) is 5.21. The second kappa shape index (κ2) is 4.23. The normalized spacial score (nSPS) is 17.5. The molecular formula is C15H15N3S. The highest BCUT2D eigenvalue weighted by molar-refractivity contribution is 7.98. The Morgan fingerprint density at radius 2 is 1.95 bits per heavy atom. The molecule has 0 atom stereocenters. The average Bonchev–Trinajstić information content (AvgIpc) is 3.17. The van der Waals surface area contributed by atoms with E-state index in [1.54, 1.807) is 0 Å². The van der Waals surface area contributed by atoms with Gasteiger partial charge in [-0.05, 0) is 24.3 Å². The van der Waals surface area contributed by atoms with Crippen LogP contribution in [0.2, 0.25) is 0 Å². The van der Waals surface area contributed by atoms with Crippen molar-refractivity contribution in [2.75, 3.05) is 5.73 Å². The van der Waals surface area contributed by atoms with Gasteiger partial charge in [0.15, 0.2) is 5.82 Å². The topological polar surface area (TPSA) is 51.8 Å². The van der Waals surface area contributed by atoms with E-state index in [0.29, 0.717) is 11.7 Å². The van der Waals surface area contributed by atoms with Gasteiger partial charge in [-0.15, -0.1) is 0 Å². The van der Waals surface area contributed by atoms with Gasteiger partial charge >= 0.3 is 0 Å². The van der Waals surface area contributed by atoms with E-state index in [9.17, 15) is 0 Å². The summed E-state index contributed by atoms with van der Waals surface area (Å²) in [5.74, 6) is 4.08. The maximum atomic E-state index is 6.09. The Bertz CT molecular complexity index is 650. The third kappa shape index (κ3) is 1.91. The van der Waals surface area contributed by atoms with Crippen molar-refractivity contribution in [2.45, 2.75) is 30.3 Å². The summed E-state index contributed by atoms with van der Waals surface area (Å²) in [7, 11) is 0. The first-order chi connectivity index (χ1) is 9.33. The molecule has 2 N–H and O–H groups in total. The van der Waals surface area contributed by atoms with Crippen LogP contribution in [0.15, 0.2) is 24.3 Å². The maximum Gasteiger partial charge on any atom is 0.162 e. The van der Waals surface area contributed by atoms with E-state index in [1.165, 1.54) is 18.4 Å². The third-order valence-corrected chi connectivity index (χ3v) is 4.80. The SMILES string of the molecule is Nc1nc(-c2ccccc2C2CC2)nc2c1CSC2. The van der Waals surface area contributed by atoms with Gasteiger partial charge in [0.25, 0.3) is 0 Å². The lowest BCUT2D eigenvalue weighted by molar-refractivity contribution is 1.06. The Morgan fingerprint density at radius 1 is 1.11 bits per heavy atom. The number of anilines is 1. The van der Waals surface area contributed by atoms with Gasteiger partial charge in [-0.25, -0.2) is 9.97 Å². The first-order valence-corrected chi connectivity index (χ1v) is 7.80. The van der Waals surface area contributed by atoms with Gasteiger partial charge in [-0.1, -0.05) is 24.3 Å². The fraction of sp³-hybridized carbons (Fsp3) is 0.333. The Balaban J connectivity index is 1.87. The zero-order chi connectivity index (χ0) is 12.8. The highest BCUT2D eigenvalue weighted by Crippen LogP contribution is 2.44. The molecule has 0 bridgehead atoms. The average molecular weight is 269 g/mol. The molecule has 1 aliphatic carbocycles. The Labute approximate surface area is 116 Å². The molecule has 2 aromatic rings. The summed E-state index contributed by atoms with van der Waals surface area (Å²) in [5.41, 5.74) is 10.9. The molecule has 1 aromatic heterocycles. The minimum Gasteiger partial charge on any atom is -0.383 e. The van der Waals surface area contributed by atoms with Gasteiger partial charge in [0, 0.05) is 22.6 Å². The molecule has 19 heavy (non-hydrogen) atoms. The van der Waals surface area contributed by atoms with Crippen molar-refractivity contribution < 1.29 is 0 Å². The molecule has 1 aromatic carbocycles. The van der Waals surface area contributed by atoms with Gasteiger partial charge in [-0.3, -0.25) is 0 Å². The maximum absolute atomic E-state index is 6.09. The number of aromatic nitrogens is 2. The monoisotopic (exact) mass is 269 g/mol. The first-order valence-electron chi connectivity index (χ1n) is 6.65. The Morgan fingerprint density at radius 3 is 2.79 bits per heavy atom. The fourth-order valence-corrected chi connectivity index (χ4v) is 3.70. The lowest BCUT2D eigenvalue weighted by atomic mass is 10.0. The van der Waals surface area contributed by atoms with E-state index in [-0.39, 0.29) is 0 Å². The number of nitrogen functional groups attached to an aromatic ring is 1. The third-order valence-electron chi connectivity index (χ3n) is 3.83. The highest BCUT2D eigenvalue weighted by Gasteiger charge is 2.27. The van der Waals surface area contributed by atoms with E-state index < -0.39 is 0 Å². The number of thioether (sulfide) groups is 1. The van der Waals surface area contributed by atoms with Crippen LogP contribution in [-0.2, 0) is 11.5 Å². The van der Waals surface area contributed by atoms with Crippen molar-refractivity contribution in [3.63, 3.8) is 0 Å². The number of hydrogen-bond acceptors (Lipinski definition) is 4. The van der Waals surface area contributed by atoms with Crippen molar-refractivity contribution in [1.82, 2.24) is 9.97 Å². The summed E-state index contributed by atoms with van der Waals surface area (Å²) < 4.78 is 0. The summed E-state index contributed by atoms with van der Waals surface area (Å²) in [4.78, 5) is 9.28. The van der Waals surface area contributed by atoms with Crippen molar-refractivity contribution in [3.8, 4) is 11.4 Å². The Kier molecular flexibility index (Phi) is 2.52. The molecule has 1 saturated carbocycles. The smallest absolute Gasteiger partial charge is 0.162 e. The van der Waals surface area contributed by atoms with Gasteiger partial charge in [0.1, 0.15) is 5.82 Å². The van der Waals surface area contributed by atoms with Gasteiger partial charge in [0.2, 0.25) is 0 Å². The zero-order valence-corrected chi connectivity index (χ0v) is 11.4. The van der Waals surface area contributed by atoms with Crippen LogP contribution < -0.4 is 5.73 Å². The molecule has 0 unspecified atom stereocenters. The molecule has 4 rings (SSSR count). The molecular weight excluding hydrogens is 254 g/mol. The quantitative estimate of drug-likeness (QED) is 0.908. The van der Waals surface area contributed by atoms with Crippen LogP contribution in [0.4, 0.5) is 5.82 Å². The molecule has 2 heterocycles. The van der Waals surface area contributed by atoms with Gasteiger partial charge in [0.05, 0.1) is 5.69 Å². The molecule has 0 saturated heterocycles. The Hall–Kier alpha value is -1.55. The molecule has 3 nitrogen and oxygen atoms in total. The number of nitrogens with two attached hydrogens (primary N) is 1. The van der Waals surface area contributed by atoms with Crippen molar-refractivity contribution >= 4 is 17.6 Å². The van der Waals surface area contributed by atoms with Crippen LogP contribution >= 0.6 is 11.8 Å². The summed E-state index contributed by atoms with van der Waals surface area (Å²) in [5, 5.41) is 0. The van der Waals surface area contributed by atoms with Gasteiger partial charge < -0.3 is 5.73 Å². The number of rotatable bonds is 2. The largest absolute Gasteiger partial charge is 0.383 e. The number of nitrogens with zero attached hydrogens (tertiary/aromatic N) is 2. The van der Waals surface area contributed by atoms with Crippen molar-refractivity contribution in [2.24, 2.45) is 0 Å². The summed E-state index contributed by atoms with van der Waals surface area (Å²) in [6.45, 7) is 0. The zero-order valence-electron chi connectivity index (χ0n) is 10.6. The standard InChI is InChI=1S/C15H15N3S/c16-14-12-7-19-8-13(12)17-15(18-14)11-4-2-1-3-10(11)9-5-6-9/h1-4,9H,5-8H2,(H2,16,17,18). The summed E-state index contributed by atoms with van der Waals surface area (Å²) in [6.07, 6.45) is 2.57. The van der Waals surface area contributed by atoms with E-state index in [2.05, 4.69) is 29.2 Å². The van der Waals surface area contributed by atoms with Crippen molar-refractivity contribution in [3.05, 3.63) is 41.1 Å². The van der Waals surface area contributed by atoms with Crippen LogP contribution in [0.25, 0.3) is 11.4 Å². The van der Waals surface area contributed by atoms with Crippen LogP contribution in [0, 0.1) is 0 Å². The molecule has 4 heteroatoms. The molecule has 2 aliphatic rings. The van der Waals surface area contributed by atoms with Crippen LogP contribution in [0.3, 0.4) is 0 Å².